The molecule has 21 heavy (non-hydrogen) atoms. The summed E-state index contributed by atoms with van der Waals surface area (Å²) >= 11 is 5.93. The molecule has 0 fully saturated rings. The predicted molar refractivity (Wildman–Crippen MR) is 75.5 cm³/mol. The van der Waals surface area contributed by atoms with Gasteiger partial charge < -0.3 is 10.7 Å². The second-order valence-corrected chi connectivity index (χ2v) is 4.49. The fraction of sp³-hybridized carbons (Fsp3) is 0. The van der Waals surface area contributed by atoms with Gasteiger partial charge in [0.05, 0.1) is 12.0 Å². The standard InChI is InChI=1S/C12H8ClFN6O/c13-9-8-10(17-4-16-8)19-12(18-9)20-11(21)5-1-2-7(15)6(14)3-5/h1-4H,15H2,(H2,16,17,18,19,20,21). The zero-order valence-corrected chi connectivity index (χ0v) is 11.1. The molecular formula is C12H8ClFN6O. The number of carbonyl (C=O) groups excluding carboxylic acids is 1. The summed E-state index contributed by atoms with van der Waals surface area (Å²) in [5, 5.41) is 2.54. The van der Waals surface area contributed by atoms with E-state index in [9.17, 15) is 9.18 Å². The minimum Gasteiger partial charge on any atom is -0.396 e. The average Bonchev–Trinajstić information content (AvgIpc) is 2.90. The predicted octanol–water partition coefficient (Wildman–Crippen LogP) is 1.98. The van der Waals surface area contributed by atoms with Crippen molar-refractivity contribution in [3.8, 4) is 0 Å². The van der Waals surface area contributed by atoms with Gasteiger partial charge >= 0.3 is 0 Å². The summed E-state index contributed by atoms with van der Waals surface area (Å²) in [6.45, 7) is 0. The van der Waals surface area contributed by atoms with Gasteiger partial charge in [-0.15, -0.1) is 0 Å². The quantitative estimate of drug-likeness (QED) is 0.495. The number of H-pyrrole nitrogens is 1. The lowest BCUT2D eigenvalue weighted by Crippen LogP contribution is -2.15. The number of nitrogens with one attached hydrogen (secondary N) is 2. The number of carbonyl (C=O) groups is 1. The van der Waals surface area contributed by atoms with Crippen LogP contribution >= 0.6 is 11.6 Å². The number of nitrogens with two attached hydrogens (primary N) is 1. The molecule has 0 aliphatic carbocycles. The van der Waals surface area contributed by atoms with Crippen LogP contribution in [0.25, 0.3) is 11.2 Å². The summed E-state index contributed by atoms with van der Waals surface area (Å²) in [7, 11) is 0. The van der Waals surface area contributed by atoms with Crippen LogP contribution in [0.3, 0.4) is 0 Å². The number of hydrogen-bond donors (Lipinski definition) is 3. The molecule has 1 aromatic carbocycles. The maximum Gasteiger partial charge on any atom is 0.258 e. The van der Waals surface area contributed by atoms with Crippen LogP contribution in [-0.4, -0.2) is 25.8 Å². The molecule has 0 saturated heterocycles. The first-order valence-electron chi connectivity index (χ1n) is 5.77. The van der Waals surface area contributed by atoms with Crippen molar-refractivity contribution < 1.29 is 9.18 Å². The van der Waals surface area contributed by atoms with Crippen molar-refractivity contribution in [3.63, 3.8) is 0 Å². The zero-order chi connectivity index (χ0) is 15.0. The van der Waals surface area contributed by atoms with Crippen molar-refractivity contribution in [1.82, 2.24) is 19.9 Å². The molecule has 3 aromatic rings. The van der Waals surface area contributed by atoms with E-state index in [2.05, 4.69) is 25.3 Å². The van der Waals surface area contributed by atoms with Gasteiger partial charge in [0, 0.05) is 5.56 Å². The number of nitrogen functional groups attached to an aromatic ring is 1. The Morgan fingerprint density at radius 2 is 2.19 bits per heavy atom. The summed E-state index contributed by atoms with van der Waals surface area (Å²) in [5.41, 5.74) is 6.18. The molecule has 106 valence electrons. The van der Waals surface area contributed by atoms with Gasteiger partial charge in [-0.25, -0.2) is 9.37 Å². The first-order valence-corrected chi connectivity index (χ1v) is 6.15. The van der Waals surface area contributed by atoms with Crippen LogP contribution in [0.5, 0.6) is 0 Å². The van der Waals surface area contributed by atoms with Crippen LogP contribution in [0.4, 0.5) is 16.0 Å². The van der Waals surface area contributed by atoms with Gasteiger partial charge in [-0.3, -0.25) is 10.1 Å². The lowest BCUT2D eigenvalue weighted by atomic mass is 10.2. The fourth-order valence-corrected chi connectivity index (χ4v) is 1.91. The Morgan fingerprint density at radius 3 is 2.95 bits per heavy atom. The number of hydrogen-bond acceptors (Lipinski definition) is 5. The Kier molecular flexibility index (Phi) is 3.15. The number of aromatic amines is 1. The molecule has 0 saturated carbocycles. The van der Waals surface area contributed by atoms with Crippen LogP contribution in [0.1, 0.15) is 10.4 Å². The molecule has 0 radical (unpaired) electrons. The SMILES string of the molecule is Nc1ccc(C(=O)Nc2nc(Cl)c3[nH]cnc3n2)cc1F. The van der Waals surface area contributed by atoms with E-state index >= 15 is 0 Å². The Morgan fingerprint density at radius 1 is 1.38 bits per heavy atom. The summed E-state index contributed by atoms with van der Waals surface area (Å²) in [6.07, 6.45) is 1.41. The monoisotopic (exact) mass is 306 g/mol. The van der Waals surface area contributed by atoms with E-state index in [0.717, 1.165) is 6.07 Å². The molecule has 2 aromatic heterocycles. The number of halogens is 2. The van der Waals surface area contributed by atoms with Gasteiger partial charge in [0.2, 0.25) is 5.95 Å². The summed E-state index contributed by atoms with van der Waals surface area (Å²) < 4.78 is 13.3. The molecule has 3 rings (SSSR count). The fourth-order valence-electron chi connectivity index (χ4n) is 1.70. The molecular weight excluding hydrogens is 299 g/mol. The summed E-state index contributed by atoms with van der Waals surface area (Å²) in [5.74, 6) is -1.29. The first kappa shape index (κ1) is 13.3. The van der Waals surface area contributed by atoms with E-state index in [1.165, 1.54) is 18.5 Å². The molecule has 0 bridgehead atoms. The number of benzene rings is 1. The lowest BCUT2D eigenvalue weighted by Gasteiger charge is -2.05. The van der Waals surface area contributed by atoms with Crippen molar-refractivity contribution in [2.75, 3.05) is 11.1 Å². The van der Waals surface area contributed by atoms with Gasteiger partial charge in [-0.1, -0.05) is 11.6 Å². The number of fused-ring (bicyclic) bond motifs is 1. The second kappa shape index (κ2) is 4.98. The summed E-state index contributed by atoms with van der Waals surface area (Å²) in [4.78, 5) is 26.6. The van der Waals surface area contributed by atoms with Crippen molar-refractivity contribution in [3.05, 3.63) is 41.1 Å². The van der Waals surface area contributed by atoms with Gasteiger partial charge in [-0.2, -0.15) is 9.97 Å². The van der Waals surface area contributed by atoms with Crippen LogP contribution in [0.2, 0.25) is 5.15 Å². The molecule has 1 amide bonds. The average molecular weight is 307 g/mol. The highest BCUT2D eigenvalue weighted by Gasteiger charge is 2.13. The Bertz CT molecular complexity index is 849. The van der Waals surface area contributed by atoms with Crippen molar-refractivity contribution in [2.24, 2.45) is 0 Å². The third-order valence-electron chi connectivity index (χ3n) is 2.73. The van der Waals surface area contributed by atoms with Crippen LogP contribution in [-0.2, 0) is 0 Å². The Hall–Kier alpha value is -2.74. The van der Waals surface area contributed by atoms with Crippen LogP contribution < -0.4 is 11.1 Å². The molecule has 0 aliphatic heterocycles. The largest absolute Gasteiger partial charge is 0.396 e. The van der Waals surface area contributed by atoms with Gasteiger partial charge in [0.25, 0.3) is 5.91 Å². The number of imidazole rings is 1. The van der Waals surface area contributed by atoms with Gasteiger partial charge in [0.15, 0.2) is 10.8 Å². The maximum absolute atomic E-state index is 13.3. The minimum atomic E-state index is -0.677. The lowest BCUT2D eigenvalue weighted by molar-refractivity contribution is 0.102. The number of aromatic nitrogens is 4. The Balaban J connectivity index is 1.90. The highest BCUT2D eigenvalue weighted by molar-refractivity contribution is 6.33. The van der Waals surface area contributed by atoms with Crippen molar-refractivity contribution >= 4 is 40.3 Å². The molecule has 0 unspecified atom stereocenters. The van der Waals surface area contributed by atoms with Crippen LogP contribution in [0.15, 0.2) is 24.5 Å². The molecule has 9 heteroatoms. The minimum absolute atomic E-state index is 0.0261. The molecule has 0 aliphatic rings. The highest BCUT2D eigenvalue weighted by Crippen LogP contribution is 2.19. The molecule has 0 spiro atoms. The Labute approximate surface area is 122 Å². The third kappa shape index (κ3) is 2.48. The number of anilines is 2. The molecule has 0 atom stereocenters. The summed E-state index contributed by atoms with van der Waals surface area (Å²) in [6, 6.07) is 3.72. The number of amides is 1. The molecule has 2 heterocycles. The number of rotatable bonds is 2. The first-order chi connectivity index (χ1) is 10.0. The normalized spacial score (nSPS) is 10.8. The number of nitrogens with zero attached hydrogens (tertiary/aromatic N) is 3. The van der Waals surface area contributed by atoms with Crippen molar-refractivity contribution in [1.29, 1.82) is 0 Å². The smallest absolute Gasteiger partial charge is 0.258 e. The van der Waals surface area contributed by atoms with E-state index in [1.54, 1.807) is 0 Å². The van der Waals surface area contributed by atoms with E-state index in [0.29, 0.717) is 11.2 Å². The third-order valence-corrected chi connectivity index (χ3v) is 3.00. The zero-order valence-electron chi connectivity index (χ0n) is 10.4. The van der Waals surface area contributed by atoms with Crippen molar-refractivity contribution in [2.45, 2.75) is 0 Å². The van der Waals surface area contributed by atoms with Gasteiger partial charge in [-0.05, 0) is 18.2 Å². The van der Waals surface area contributed by atoms with E-state index < -0.39 is 11.7 Å². The molecule has 4 N–H and O–H groups in total. The second-order valence-electron chi connectivity index (χ2n) is 4.13. The van der Waals surface area contributed by atoms with Crippen LogP contribution in [0, 0.1) is 5.82 Å². The topological polar surface area (TPSA) is 110 Å². The van der Waals surface area contributed by atoms with Gasteiger partial charge in [0.1, 0.15) is 11.3 Å². The maximum atomic E-state index is 13.3. The highest BCUT2D eigenvalue weighted by atomic mass is 35.5. The van der Waals surface area contributed by atoms with E-state index in [-0.39, 0.29) is 22.4 Å². The van der Waals surface area contributed by atoms with E-state index in [1.807, 2.05) is 0 Å². The van der Waals surface area contributed by atoms with E-state index in [4.69, 9.17) is 17.3 Å². The molecule has 7 nitrogen and oxygen atoms in total.